The van der Waals surface area contributed by atoms with Crippen molar-refractivity contribution in [1.82, 2.24) is 4.98 Å². The van der Waals surface area contributed by atoms with E-state index in [1.807, 2.05) is 4.90 Å². The minimum absolute atomic E-state index is 0.0110. The molecule has 2 unspecified atom stereocenters. The molecule has 1 N–H and O–H groups in total. The molecule has 3 heterocycles. The highest BCUT2D eigenvalue weighted by Gasteiger charge is 2.44. The van der Waals surface area contributed by atoms with Gasteiger partial charge in [0, 0.05) is 37.3 Å². The molecule has 2 aromatic rings. The number of rotatable bonds is 7. The second-order valence-corrected chi connectivity index (χ2v) is 10.2. The quantitative estimate of drug-likeness (QED) is 0.505. The number of anilines is 3. The number of amides is 1. The van der Waals surface area contributed by atoms with E-state index in [1.165, 1.54) is 12.5 Å². The number of nitrogens with one attached hydrogen (secondary N) is 1. The van der Waals surface area contributed by atoms with Crippen LogP contribution in [0.25, 0.3) is 0 Å². The Balaban J connectivity index is 1.32. The van der Waals surface area contributed by atoms with Gasteiger partial charge in [0.2, 0.25) is 0 Å². The van der Waals surface area contributed by atoms with Gasteiger partial charge in [-0.05, 0) is 55.7 Å². The van der Waals surface area contributed by atoms with Crippen LogP contribution in [0.4, 0.5) is 35.0 Å². The number of nitrogens with zero attached hydrogens (tertiary/aromatic N) is 3. The monoisotopic (exact) mass is 494 g/mol. The summed E-state index contributed by atoms with van der Waals surface area (Å²) in [5.41, 5.74) is 0.279. The van der Waals surface area contributed by atoms with E-state index in [-0.39, 0.29) is 17.1 Å². The van der Waals surface area contributed by atoms with E-state index < -0.39 is 35.8 Å². The zero-order valence-electron chi connectivity index (χ0n) is 19.9. The number of halogens is 4. The average Bonchev–Trinajstić information content (AvgIpc) is 3.44. The molecule has 1 saturated carbocycles. The number of alkyl halides is 3. The summed E-state index contributed by atoms with van der Waals surface area (Å²) in [5.74, 6) is -0.484. The second kappa shape index (κ2) is 8.71. The van der Waals surface area contributed by atoms with Gasteiger partial charge in [-0.2, -0.15) is 18.2 Å². The highest BCUT2D eigenvalue weighted by atomic mass is 19.4. The maximum absolute atomic E-state index is 14.9. The summed E-state index contributed by atoms with van der Waals surface area (Å²) in [5, 5.41) is 2.49. The normalized spacial score (nSPS) is 23.0. The van der Waals surface area contributed by atoms with Crippen LogP contribution >= 0.6 is 0 Å². The largest absolute Gasteiger partial charge is 0.427 e. The van der Waals surface area contributed by atoms with E-state index in [0.717, 1.165) is 38.3 Å². The molecule has 1 amide bonds. The van der Waals surface area contributed by atoms with Crippen molar-refractivity contribution < 1.29 is 26.8 Å². The third kappa shape index (κ3) is 4.84. The van der Waals surface area contributed by atoms with Crippen molar-refractivity contribution in [1.29, 1.82) is 0 Å². The molecule has 2 atom stereocenters. The van der Waals surface area contributed by atoms with E-state index in [9.17, 15) is 22.4 Å². The first kappa shape index (κ1) is 23.9. The smallest absolute Gasteiger partial charge is 0.396 e. The number of benzene rings is 1. The maximum Gasteiger partial charge on any atom is 0.396 e. The third-order valence-corrected chi connectivity index (χ3v) is 7.93. The Morgan fingerprint density at radius 3 is 2.57 bits per heavy atom. The Morgan fingerprint density at radius 2 is 1.94 bits per heavy atom. The molecule has 1 aliphatic carbocycles. The highest BCUT2D eigenvalue weighted by Crippen LogP contribution is 2.46. The molecule has 2 aliphatic heterocycles. The summed E-state index contributed by atoms with van der Waals surface area (Å²) in [6.45, 7) is 6.98. The number of carbonyl (C=O) groups excluding carboxylic acids is 1. The fraction of sp³-hybridized carbons (Fsp3) is 0.600. The molecule has 5 rings (SSSR count). The number of aromatic nitrogens is 1. The number of piperidine rings is 1. The Morgan fingerprint density at radius 1 is 1.20 bits per heavy atom. The molecule has 0 spiro atoms. The zero-order chi connectivity index (χ0) is 25.0. The predicted octanol–water partition coefficient (Wildman–Crippen LogP) is 5.64. The van der Waals surface area contributed by atoms with Crippen molar-refractivity contribution in [3.8, 4) is 0 Å². The van der Waals surface area contributed by atoms with Crippen LogP contribution < -0.4 is 15.1 Å². The second-order valence-electron chi connectivity index (χ2n) is 10.2. The van der Waals surface area contributed by atoms with Crippen LogP contribution in [-0.2, 0) is 6.42 Å². The van der Waals surface area contributed by atoms with Gasteiger partial charge in [0.05, 0.1) is 5.69 Å². The first-order valence-corrected chi connectivity index (χ1v) is 12.3. The third-order valence-electron chi connectivity index (χ3n) is 7.93. The van der Waals surface area contributed by atoms with Crippen LogP contribution in [0.5, 0.6) is 0 Å². The summed E-state index contributed by atoms with van der Waals surface area (Å²) in [7, 11) is 0. The van der Waals surface area contributed by atoms with Gasteiger partial charge in [-0.1, -0.05) is 13.8 Å². The van der Waals surface area contributed by atoms with Gasteiger partial charge in [-0.3, -0.25) is 4.79 Å². The molecular formula is C25H30F4N4O2. The minimum Gasteiger partial charge on any atom is -0.427 e. The lowest BCUT2D eigenvalue weighted by Crippen LogP contribution is -2.56. The van der Waals surface area contributed by atoms with Crippen molar-refractivity contribution in [3.05, 3.63) is 35.5 Å². The van der Waals surface area contributed by atoms with Gasteiger partial charge in [0.1, 0.15) is 18.0 Å². The molecule has 0 radical (unpaired) electrons. The van der Waals surface area contributed by atoms with Gasteiger partial charge in [0.25, 0.3) is 11.9 Å². The lowest BCUT2D eigenvalue weighted by molar-refractivity contribution is -0.130. The van der Waals surface area contributed by atoms with Crippen molar-refractivity contribution in [2.45, 2.75) is 52.1 Å². The first-order valence-electron chi connectivity index (χ1n) is 12.3. The van der Waals surface area contributed by atoms with E-state index in [4.69, 9.17) is 4.42 Å². The van der Waals surface area contributed by atoms with Crippen molar-refractivity contribution in [3.63, 3.8) is 0 Å². The topological polar surface area (TPSA) is 61.6 Å². The van der Waals surface area contributed by atoms with E-state index in [2.05, 4.69) is 24.1 Å². The highest BCUT2D eigenvalue weighted by molar-refractivity contribution is 6.04. The van der Waals surface area contributed by atoms with Crippen LogP contribution in [0.15, 0.2) is 22.6 Å². The maximum atomic E-state index is 14.9. The number of oxazole rings is 1. The standard InChI is InChI=1S/C25H30F4N4O2/c1-3-24(4-2)13-33(14-24)23-31-21(20(35-23)11-25(27,28)29)22(34)30-17-5-6-19(18(26)10-17)32-8-7-15-9-16(15)12-32/h5-6,10,15-16H,3-4,7-9,11-14H2,1-2H3,(H,30,34). The molecule has 3 aliphatic rings. The average molecular weight is 495 g/mol. The van der Waals surface area contributed by atoms with Crippen molar-refractivity contribution in [2.24, 2.45) is 17.3 Å². The molecular weight excluding hydrogens is 464 g/mol. The van der Waals surface area contributed by atoms with Gasteiger partial charge < -0.3 is 19.5 Å². The van der Waals surface area contributed by atoms with Gasteiger partial charge in [-0.15, -0.1) is 0 Å². The molecule has 190 valence electrons. The van der Waals surface area contributed by atoms with E-state index >= 15 is 0 Å². The first-order chi connectivity index (χ1) is 16.6. The summed E-state index contributed by atoms with van der Waals surface area (Å²) in [6.07, 6.45) is -1.86. The van der Waals surface area contributed by atoms with E-state index in [0.29, 0.717) is 24.7 Å². The Hall–Kier alpha value is -2.78. The molecule has 0 bridgehead atoms. The minimum atomic E-state index is -4.57. The van der Waals surface area contributed by atoms with Gasteiger partial charge >= 0.3 is 6.18 Å². The van der Waals surface area contributed by atoms with E-state index in [1.54, 1.807) is 17.0 Å². The van der Waals surface area contributed by atoms with Crippen LogP contribution in [0.3, 0.4) is 0 Å². The van der Waals surface area contributed by atoms with Crippen LogP contribution in [0.2, 0.25) is 0 Å². The van der Waals surface area contributed by atoms with Crippen molar-refractivity contribution in [2.75, 3.05) is 41.3 Å². The molecule has 2 saturated heterocycles. The summed E-state index contributed by atoms with van der Waals surface area (Å²) >= 11 is 0. The lowest BCUT2D eigenvalue weighted by atomic mass is 9.75. The summed E-state index contributed by atoms with van der Waals surface area (Å²) < 4.78 is 59.8. The molecule has 35 heavy (non-hydrogen) atoms. The Labute approximate surface area is 201 Å². The number of hydrogen-bond donors (Lipinski definition) is 1. The molecule has 6 nitrogen and oxygen atoms in total. The predicted molar refractivity (Wildman–Crippen MR) is 124 cm³/mol. The number of fused-ring (bicyclic) bond motifs is 1. The number of hydrogen-bond acceptors (Lipinski definition) is 5. The fourth-order valence-corrected chi connectivity index (χ4v) is 5.38. The van der Waals surface area contributed by atoms with Crippen molar-refractivity contribution >= 4 is 23.3 Å². The van der Waals surface area contributed by atoms with Gasteiger partial charge in [0.15, 0.2) is 5.69 Å². The summed E-state index contributed by atoms with van der Waals surface area (Å²) in [6, 6.07) is 4.37. The van der Waals surface area contributed by atoms with Crippen LogP contribution in [-0.4, -0.2) is 43.2 Å². The fourth-order valence-electron chi connectivity index (χ4n) is 5.38. The SMILES string of the molecule is CCC1(CC)CN(c2nc(C(=O)Nc3ccc(N4CCC5CC5C4)c(F)c3)c(CC(F)(F)F)o2)C1. The lowest BCUT2D eigenvalue weighted by Gasteiger charge is -2.49. The number of carbonyl (C=O) groups is 1. The molecule has 3 fully saturated rings. The van der Waals surface area contributed by atoms with Gasteiger partial charge in [-0.25, -0.2) is 4.39 Å². The van der Waals surface area contributed by atoms with Crippen LogP contribution in [0, 0.1) is 23.1 Å². The zero-order valence-corrected chi connectivity index (χ0v) is 19.9. The van der Waals surface area contributed by atoms with Crippen LogP contribution in [0.1, 0.15) is 55.8 Å². The Kier molecular flexibility index (Phi) is 5.96. The molecule has 1 aromatic carbocycles. The molecule has 1 aromatic heterocycles. The summed E-state index contributed by atoms with van der Waals surface area (Å²) in [4.78, 5) is 20.8. The Bertz CT molecular complexity index is 1100. The molecule has 10 heteroatoms.